The number of nitrogens with one attached hydrogen (secondary N) is 2. The van der Waals surface area contributed by atoms with E-state index in [4.69, 9.17) is 10.5 Å². The van der Waals surface area contributed by atoms with Crippen molar-refractivity contribution >= 4 is 12.0 Å². The van der Waals surface area contributed by atoms with Crippen LogP contribution in [0.3, 0.4) is 0 Å². The average Bonchev–Trinajstić information content (AvgIpc) is 3.20. The molecule has 0 spiro atoms. The van der Waals surface area contributed by atoms with Crippen LogP contribution >= 0.6 is 0 Å². The number of hydrogen-bond donors (Lipinski definition) is 3. The molecule has 176 valence electrons. The summed E-state index contributed by atoms with van der Waals surface area (Å²) < 4.78 is 5.63. The van der Waals surface area contributed by atoms with Gasteiger partial charge in [0, 0.05) is 12.5 Å². The van der Waals surface area contributed by atoms with E-state index in [1.54, 1.807) is 0 Å². The Morgan fingerprint density at radius 3 is 2.12 bits per heavy atom. The van der Waals surface area contributed by atoms with Gasteiger partial charge in [-0.3, -0.25) is 4.79 Å². The molecule has 0 radical (unpaired) electrons. The highest BCUT2D eigenvalue weighted by Gasteiger charge is 2.29. The van der Waals surface area contributed by atoms with Gasteiger partial charge >= 0.3 is 6.09 Å². The van der Waals surface area contributed by atoms with Gasteiger partial charge in [-0.05, 0) is 53.6 Å². The molecule has 3 aromatic rings. The molecule has 4 N–H and O–H groups in total. The van der Waals surface area contributed by atoms with Crippen molar-refractivity contribution in [3.8, 4) is 11.1 Å². The van der Waals surface area contributed by atoms with Gasteiger partial charge in [0.15, 0.2) is 0 Å². The fourth-order valence-corrected chi connectivity index (χ4v) is 4.45. The minimum atomic E-state index is -0.675. The minimum absolute atomic E-state index is 0.0271. The SMILES string of the molecule is NCCCC[C@H](NC(=O)OCC1c2ccccc2-c2ccccc21)C(=O)NCc1ccccc1. The molecule has 0 aliphatic heterocycles. The van der Waals surface area contributed by atoms with Gasteiger partial charge < -0.3 is 21.1 Å². The van der Waals surface area contributed by atoms with Crippen molar-refractivity contribution in [3.05, 3.63) is 95.6 Å². The Labute approximate surface area is 200 Å². The lowest BCUT2D eigenvalue weighted by Gasteiger charge is -2.20. The van der Waals surface area contributed by atoms with Crippen LogP contribution in [0.1, 0.15) is 41.9 Å². The third kappa shape index (κ3) is 5.64. The van der Waals surface area contributed by atoms with Crippen molar-refractivity contribution in [1.29, 1.82) is 0 Å². The topological polar surface area (TPSA) is 93.4 Å². The lowest BCUT2D eigenvalue weighted by Crippen LogP contribution is -2.47. The predicted octanol–water partition coefficient (Wildman–Crippen LogP) is 4.34. The van der Waals surface area contributed by atoms with Crippen molar-refractivity contribution in [2.24, 2.45) is 5.73 Å². The molecule has 1 atom stereocenters. The minimum Gasteiger partial charge on any atom is -0.449 e. The summed E-state index contributed by atoms with van der Waals surface area (Å²) in [6.07, 6.45) is 1.44. The van der Waals surface area contributed by atoms with E-state index in [0.717, 1.165) is 29.5 Å². The molecule has 4 rings (SSSR count). The Hall–Kier alpha value is -3.64. The molecule has 0 bridgehead atoms. The summed E-state index contributed by atoms with van der Waals surface area (Å²) in [6.45, 7) is 1.16. The molecule has 0 fully saturated rings. The molecule has 1 aliphatic rings. The number of ether oxygens (including phenoxy) is 1. The van der Waals surface area contributed by atoms with Crippen LogP contribution in [0, 0.1) is 0 Å². The van der Waals surface area contributed by atoms with Gasteiger partial charge in [0.05, 0.1) is 0 Å². The number of amides is 2. The maximum absolute atomic E-state index is 12.8. The lowest BCUT2D eigenvalue weighted by molar-refractivity contribution is -0.123. The number of hydrogen-bond acceptors (Lipinski definition) is 4. The van der Waals surface area contributed by atoms with Crippen LogP contribution in [-0.2, 0) is 16.1 Å². The van der Waals surface area contributed by atoms with Crippen LogP contribution < -0.4 is 16.4 Å². The predicted molar refractivity (Wildman–Crippen MR) is 133 cm³/mol. The highest BCUT2D eigenvalue weighted by Crippen LogP contribution is 2.44. The second-order valence-electron chi connectivity index (χ2n) is 8.51. The van der Waals surface area contributed by atoms with Crippen LogP contribution in [0.4, 0.5) is 4.79 Å². The second kappa shape index (κ2) is 11.5. The Bertz CT molecular complexity index is 1070. The van der Waals surface area contributed by atoms with Crippen molar-refractivity contribution in [3.63, 3.8) is 0 Å². The molecule has 0 saturated heterocycles. The van der Waals surface area contributed by atoms with Crippen LogP contribution in [-0.4, -0.2) is 31.2 Å². The molecule has 2 amide bonds. The van der Waals surface area contributed by atoms with Crippen LogP contribution in [0.2, 0.25) is 0 Å². The van der Waals surface area contributed by atoms with E-state index >= 15 is 0 Å². The third-order valence-corrected chi connectivity index (χ3v) is 6.21. The fourth-order valence-electron chi connectivity index (χ4n) is 4.45. The molecular weight excluding hydrogens is 426 g/mol. The molecule has 0 heterocycles. The van der Waals surface area contributed by atoms with E-state index in [1.807, 2.05) is 54.6 Å². The molecule has 0 unspecified atom stereocenters. The first kappa shape index (κ1) is 23.5. The number of benzene rings is 3. The number of alkyl carbamates (subject to hydrolysis) is 1. The van der Waals surface area contributed by atoms with E-state index in [-0.39, 0.29) is 18.4 Å². The standard InChI is InChI=1S/C28H31N3O3/c29-17-9-8-16-26(27(32)30-18-20-10-2-1-3-11-20)31-28(33)34-19-25-23-14-6-4-12-21(23)22-13-5-7-15-24(22)25/h1-7,10-15,25-26H,8-9,16-19,29H2,(H,30,32)(H,31,33)/t26-/m0/s1. The lowest BCUT2D eigenvalue weighted by atomic mass is 9.98. The quantitative estimate of drug-likeness (QED) is 0.395. The Balaban J connectivity index is 1.37. The summed E-state index contributed by atoms with van der Waals surface area (Å²) >= 11 is 0. The number of carbonyl (C=O) groups excluding carboxylic acids is 2. The number of carbonyl (C=O) groups is 2. The second-order valence-corrected chi connectivity index (χ2v) is 8.51. The van der Waals surface area contributed by atoms with Crippen molar-refractivity contribution < 1.29 is 14.3 Å². The van der Waals surface area contributed by atoms with Crippen LogP contribution in [0.5, 0.6) is 0 Å². The summed E-state index contributed by atoms with van der Waals surface area (Å²) in [5, 5.41) is 5.68. The molecule has 0 saturated carbocycles. The maximum Gasteiger partial charge on any atom is 0.407 e. The smallest absolute Gasteiger partial charge is 0.407 e. The molecule has 34 heavy (non-hydrogen) atoms. The zero-order chi connectivity index (χ0) is 23.8. The van der Waals surface area contributed by atoms with E-state index in [2.05, 4.69) is 34.9 Å². The summed E-state index contributed by atoms with van der Waals surface area (Å²) in [5.41, 5.74) is 11.3. The van der Waals surface area contributed by atoms with Gasteiger partial charge in [-0.2, -0.15) is 0 Å². The number of unbranched alkanes of at least 4 members (excludes halogenated alkanes) is 1. The molecule has 6 heteroatoms. The summed E-state index contributed by atoms with van der Waals surface area (Å²) in [7, 11) is 0. The number of nitrogens with two attached hydrogens (primary N) is 1. The van der Waals surface area contributed by atoms with Gasteiger partial charge in [-0.1, -0.05) is 78.9 Å². The van der Waals surface area contributed by atoms with Gasteiger partial charge in [-0.15, -0.1) is 0 Å². The Morgan fingerprint density at radius 1 is 0.853 bits per heavy atom. The maximum atomic E-state index is 12.8. The third-order valence-electron chi connectivity index (χ3n) is 6.21. The average molecular weight is 458 g/mol. The summed E-state index contributed by atoms with van der Waals surface area (Å²) in [5.74, 6) is -0.255. The van der Waals surface area contributed by atoms with Crippen molar-refractivity contribution in [2.45, 2.75) is 37.8 Å². The van der Waals surface area contributed by atoms with E-state index in [0.29, 0.717) is 19.5 Å². The van der Waals surface area contributed by atoms with E-state index in [9.17, 15) is 9.59 Å². The molecule has 0 aromatic heterocycles. The molecular formula is C28H31N3O3. The van der Waals surface area contributed by atoms with Gasteiger partial charge in [0.2, 0.25) is 5.91 Å². The first-order chi connectivity index (χ1) is 16.7. The summed E-state index contributed by atoms with van der Waals surface area (Å²) in [6, 6.07) is 25.4. The highest BCUT2D eigenvalue weighted by molar-refractivity contribution is 5.85. The fraction of sp³-hybridized carbons (Fsp3) is 0.286. The molecule has 1 aliphatic carbocycles. The summed E-state index contributed by atoms with van der Waals surface area (Å²) in [4.78, 5) is 25.5. The Kier molecular flexibility index (Phi) is 7.94. The Morgan fingerprint density at radius 2 is 1.47 bits per heavy atom. The monoisotopic (exact) mass is 457 g/mol. The molecule has 3 aromatic carbocycles. The highest BCUT2D eigenvalue weighted by atomic mass is 16.5. The van der Waals surface area contributed by atoms with Crippen LogP contribution in [0.15, 0.2) is 78.9 Å². The normalized spacial score (nSPS) is 13.0. The van der Waals surface area contributed by atoms with Crippen LogP contribution in [0.25, 0.3) is 11.1 Å². The van der Waals surface area contributed by atoms with Crippen molar-refractivity contribution in [1.82, 2.24) is 10.6 Å². The van der Waals surface area contributed by atoms with Gasteiger partial charge in [0.25, 0.3) is 0 Å². The number of fused-ring (bicyclic) bond motifs is 3. The first-order valence-electron chi connectivity index (χ1n) is 11.8. The zero-order valence-corrected chi connectivity index (χ0v) is 19.2. The molecule has 6 nitrogen and oxygen atoms in total. The van der Waals surface area contributed by atoms with Gasteiger partial charge in [-0.25, -0.2) is 4.79 Å². The van der Waals surface area contributed by atoms with E-state index in [1.165, 1.54) is 11.1 Å². The first-order valence-corrected chi connectivity index (χ1v) is 11.8. The van der Waals surface area contributed by atoms with Crippen molar-refractivity contribution in [2.75, 3.05) is 13.2 Å². The van der Waals surface area contributed by atoms with Gasteiger partial charge in [0.1, 0.15) is 12.6 Å². The number of rotatable bonds is 10. The largest absolute Gasteiger partial charge is 0.449 e. The zero-order valence-electron chi connectivity index (χ0n) is 19.2. The van der Waals surface area contributed by atoms with E-state index < -0.39 is 12.1 Å².